The Kier molecular flexibility index (Phi) is 4.96. The molecule has 4 rings (SSSR count). The predicted octanol–water partition coefficient (Wildman–Crippen LogP) is 0.956. The lowest BCUT2D eigenvalue weighted by Crippen LogP contribution is -2.50. The summed E-state index contributed by atoms with van der Waals surface area (Å²) in [7, 11) is 0. The van der Waals surface area contributed by atoms with Crippen LogP contribution in [0.5, 0.6) is 0 Å². The van der Waals surface area contributed by atoms with E-state index in [9.17, 15) is 13.6 Å². The fourth-order valence-corrected chi connectivity index (χ4v) is 3.68. The third-order valence-electron chi connectivity index (χ3n) is 5.14. The lowest BCUT2D eigenvalue weighted by atomic mass is 10.1. The van der Waals surface area contributed by atoms with Gasteiger partial charge in [-0.3, -0.25) is 4.79 Å². The van der Waals surface area contributed by atoms with E-state index in [2.05, 4.69) is 10.3 Å². The summed E-state index contributed by atoms with van der Waals surface area (Å²) in [5, 5.41) is 2.93. The molecule has 0 saturated carbocycles. The second kappa shape index (κ2) is 7.40. The molecule has 146 valence electrons. The van der Waals surface area contributed by atoms with Crippen molar-refractivity contribution in [3.63, 3.8) is 0 Å². The van der Waals surface area contributed by atoms with Crippen LogP contribution in [0.3, 0.4) is 0 Å². The lowest BCUT2D eigenvalue weighted by Gasteiger charge is -2.34. The van der Waals surface area contributed by atoms with Gasteiger partial charge in [0, 0.05) is 19.7 Å². The van der Waals surface area contributed by atoms with Crippen molar-refractivity contribution in [2.75, 3.05) is 31.2 Å². The van der Waals surface area contributed by atoms with E-state index in [0.29, 0.717) is 49.7 Å². The Hall–Kier alpha value is -2.26. The molecule has 0 aliphatic carbocycles. The van der Waals surface area contributed by atoms with Gasteiger partial charge in [0.2, 0.25) is 11.9 Å². The number of amides is 1. The number of nitrogens with one attached hydrogen (secondary N) is 1. The van der Waals surface area contributed by atoms with Crippen LogP contribution in [0.1, 0.15) is 12.8 Å². The van der Waals surface area contributed by atoms with Gasteiger partial charge >= 0.3 is 0 Å². The maximum Gasteiger partial charge on any atom is 0.240 e. The van der Waals surface area contributed by atoms with Crippen LogP contribution in [-0.4, -0.2) is 60.0 Å². The number of imidazole rings is 1. The summed E-state index contributed by atoms with van der Waals surface area (Å²) >= 11 is 0. The minimum absolute atomic E-state index is 0.00339. The fraction of sp³-hybridized carbons (Fsp3) is 0.556. The topological polar surface area (TPSA) is 85.4 Å². The quantitative estimate of drug-likeness (QED) is 0.827. The molecule has 27 heavy (non-hydrogen) atoms. The number of ether oxygens (including phenoxy) is 1. The number of fused-ring (bicyclic) bond motifs is 1. The van der Waals surface area contributed by atoms with Crippen molar-refractivity contribution in [3.05, 3.63) is 24.0 Å². The Morgan fingerprint density at radius 2 is 2.26 bits per heavy atom. The summed E-state index contributed by atoms with van der Waals surface area (Å²) < 4.78 is 34.5. The van der Waals surface area contributed by atoms with Gasteiger partial charge in [0.05, 0.1) is 29.7 Å². The molecular weight excluding hydrogens is 356 g/mol. The molecule has 2 aliphatic heterocycles. The fourth-order valence-electron chi connectivity index (χ4n) is 3.68. The number of halogens is 2. The van der Waals surface area contributed by atoms with Crippen molar-refractivity contribution in [1.29, 1.82) is 0 Å². The second-order valence-corrected chi connectivity index (χ2v) is 7.17. The van der Waals surface area contributed by atoms with E-state index >= 15 is 0 Å². The smallest absolute Gasteiger partial charge is 0.240 e. The summed E-state index contributed by atoms with van der Waals surface area (Å²) in [5.41, 5.74) is 6.99. The standard InChI is InChI=1S/C18H23F2N5O2/c19-11-1-2-15-16(7-11)25(9-17(26)22-12-4-6-27-10-12)18(23-15)24-5-3-13(20)14(21)8-24/h1-2,7,12-14H,3-6,8-10,21H2,(H,22,26)/t12?,13-,14-/m1/s1. The number of nitrogens with two attached hydrogens (primary N) is 1. The Bertz CT molecular complexity index is 837. The number of hydrogen-bond donors (Lipinski definition) is 2. The van der Waals surface area contributed by atoms with Gasteiger partial charge in [0.15, 0.2) is 0 Å². The van der Waals surface area contributed by atoms with Gasteiger partial charge in [-0.1, -0.05) is 0 Å². The van der Waals surface area contributed by atoms with Crippen molar-refractivity contribution >= 4 is 22.9 Å². The zero-order chi connectivity index (χ0) is 19.0. The maximum atomic E-state index is 13.8. The van der Waals surface area contributed by atoms with Gasteiger partial charge in [-0.15, -0.1) is 0 Å². The molecule has 2 aliphatic rings. The Morgan fingerprint density at radius 1 is 1.41 bits per heavy atom. The molecule has 3 atom stereocenters. The Morgan fingerprint density at radius 3 is 3.00 bits per heavy atom. The maximum absolute atomic E-state index is 13.8. The van der Waals surface area contributed by atoms with Gasteiger partial charge in [0.1, 0.15) is 18.5 Å². The van der Waals surface area contributed by atoms with Crippen LogP contribution in [0.4, 0.5) is 14.7 Å². The Labute approximate surface area is 155 Å². The summed E-state index contributed by atoms with van der Waals surface area (Å²) in [6.07, 6.45) is 0.0170. The molecule has 2 saturated heterocycles. The van der Waals surface area contributed by atoms with E-state index in [4.69, 9.17) is 10.5 Å². The third kappa shape index (κ3) is 3.74. The number of carbonyl (C=O) groups excluding carboxylic acids is 1. The number of benzene rings is 1. The van der Waals surface area contributed by atoms with Crippen molar-refractivity contribution in [1.82, 2.24) is 14.9 Å². The normalized spacial score (nSPS) is 25.9. The van der Waals surface area contributed by atoms with E-state index < -0.39 is 18.0 Å². The molecule has 0 bridgehead atoms. The van der Waals surface area contributed by atoms with E-state index in [0.717, 1.165) is 6.42 Å². The molecule has 1 amide bonds. The molecular formula is C18H23F2N5O2. The lowest BCUT2D eigenvalue weighted by molar-refractivity contribution is -0.122. The van der Waals surface area contributed by atoms with Crippen LogP contribution >= 0.6 is 0 Å². The molecule has 3 N–H and O–H groups in total. The number of aromatic nitrogens is 2. The molecule has 3 heterocycles. The van der Waals surface area contributed by atoms with Crippen molar-refractivity contribution in [3.8, 4) is 0 Å². The highest BCUT2D eigenvalue weighted by atomic mass is 19.1. The zero-order valence-electron chi connectivity index (χ0n) is 14.9. The number of rotatable bonds is 4. The molecule has 7 nitrogen and oxygen atoms in total. The first-order valence-electron chi connectivity index (χ1n) is 9.19. The highest BCUT2D eigenvalue weighted by Crippen LogP contribution is 2.26. The number of anilines is 1. The van der Waals surface area contributed by atoms with Crippen LogP contribution in [0.25, 0.3) is 11.0 Å². The van der Waals surface area contributed by atoms with Crippen molar-refractivity contribution in [2.45, 2.75) is 37.6 Å². The Balaban J connectivity index is 1.63. The minimum atomic E-state index is -1.05. The molecule has 2 aromatic rings. The summed E-state index contributed by atoms with van der Waals surface area (Å²) in [6.45, 7) is 1.86. The zero-order valence-corrected chi connectivity index (χ0v) is 14.9. The first-order chi connectivity index (χ1) is 13.0. The number of piperidine rings is 1. The number of hydrogen-bond acceptors (Lipinski definition) is 5. The van der Waals surface area contributed by atoms with Gasteiger partial charge in [-0.2, -0.15) is 0 Å². The van der Waals surface area contributed by atoms with E-state index in [1.165, 1.54) is 12.1 Å². The molecule has 0 spiro atoms. The third-order valence-corrected chi connectivity index (χ3v) is 5.14. The SMILES string of the molecule is N[C@@H]1CN(c2nc3ccc(F)cc3n2CC(=O)NC2CCOC2)CC[C@H]1F. The highest BCUT2D eigenvalue weighted by molar-refractivity contribution is 5.83. The van der Waals surface area contributed by atoms with E-state index in [1.807, 2.05) is 4.90 Å². The van der Waals surface area contributed by atoms with Crippen molar-refractivity contribution < 1.29 is 18.3 Å². The molecule has 2 fully saturated rings. The molecule has 1 aromatic carbocycles. The molecule has 0 radical (unpaired) electrons. The van der Waals surface area contributed by atoms with Gasteiger partial charge < -0.3 is 25.3 Å². The number of alkyl halides is 1. The van der Waals surface area contributed by atoms with Gasteiger partial charge in [-0.05, 0) is 31.0 Å². The minimum Gasteiger partial charge on any atom is -0.379 e. The van der Waals surface area contributed by atoms with Crippen LogP contribution in [-0.2, 0) is 16.1 Å². The summed E-state index contributed by atoms with van der Waals surface area (Å²) in [4.78, 5) is 19.0. The van der Waals surface area contributed by atoms with Gasteiger partial charge in [-0.25, -0.2) is 13.8 Å². The molecule has 1 unspecified atom stereocenters. The van der Waals surface area contributed by atoms with Crippen LogP contribution in [0.2, 0.25) is 0 Å². The monoisotopic (exact) mass is 379 g/mol. The summed E-state index contributed by atoms with van der Waals surface area (Å²) in [5.74, 6) is -0.0882. The first-order valence-corrected chi connectivity index (χ1v) is 9.19. The molecule has 1 aromatic heterocycles. The number of nitrogens with zero attached hydrogens (tertiary/aromatic N) is 3. The highest BCUT2D eigenvalue weighted by Gasteiger charge is 2.30. The number of carbonyl (C=O) groups is 1. The van der Waals surface area contributed by atoms with Crippen LogP contribution in [0, 0.1) is 5.82 Å². The van der Waals surface area contributed by atoms with E-state index in [1.54, 1.807) is 10.6 Å². The largest absolute Gasteiger partial charge is 0.379 e. The van der Waals surface area contributed by atoms with Crippen LogP contribution in [0.15, 0.2) is 18.2 Å². The summed E-state index contributed by atoms with van der Waals surface area (Å²) in [6, 6.07) is 3.64. The van der Waals surface area contributed by atoms with E-state index in [-0.39, 0.29) is 18.5 Å². The predicted molar refractivity (Wildman–Crippen MR) is 96.8 cm³/mol. The van der Waals surface area contributed by atoms with Gasteiger partial charge in [0.25, 0.3) is 0 Å². The first kappa shape index (κ1) is 18.1. The van der Waals surface area contributed by atoms with Crippen molar-refractivity contribution in [2.24, 2.45) is 5.73 Å². The second-order valence-electron chi connectivity index (χ2n) is 7.17. The van der Waals surface area contributed by atoms with Crippen LogP contribution < -0.4 is 16.0 Å². The molecule has 9 heteroatoms. The average Bonchev–Trinajstić information content (AvgIpc) is 3.26. The average molecular weight is 379 g/mol.